The summed E-state index contributed by atoms with van der Waals surface area (Å²) in [6.45, 7) is 2.30. The zero-order valence-electron chi connectivity index (χ0n) is 24.3. The number of carbonyl (C=O) groups is 1. The predicted octanol–water partition coefficient (Wildman–Crippen LogP) is 6.91. The summed E-state index contributed by atoms with van der Waals surface area (Å²) in [6, 6.07) is 28.4. The van der Waals surface area contributed by atoms with Gasteiger partial charge in [0.1, 0.15) is 17.1 Å². The van der Waals surface area contributed by atoms with Crippen molar-refractivity contribution in [2.45, 2.75) is 19.6 Å². The number of carboxylic acids is 1. The van der Waals surface area contributed by atoms with Gasteiger partial charge in [0.05, 0.1) is 16.8 Å². The molecule has 0 bridgehead atoms. The molecule has 0 radical (unpaired) electrons. The van der Waals surface area contributed by atoms with Crippen LogP contribution < -0.4 is 10.7 Å². The number of aromatic carboxylic acids is 1. The number of anilines is 1. The van der Waals surface area contributed by atoms with E-state index in [-0.39, 0.29) is 23.3 Å². The summed E-state index contributed by atoms with van der Waals surface area (Å²) in [6.07, 6.45) is 1.79. The van der Waals surface area contributed by atoms with Crippen molar-refractivity contribution >= 4 is 35.3 Å². The van der Waals surface area contributed by atoms with E-state index in [9.17, 15) is 19.8 Å². The lowest BCUT2D eigenvalue weighted by Crippen LogP contribution is -2.26. The van der Waals surface area contributed by atoms with Gasteiger partial charge in [0.25, 0.3) is 0 Å². The van der Waals surface area contributed by atoms with Crippen LogP contribution in [0.5, 0.6) is 5.75 Å². The topological polar surface area (TPSA) is 116 Å². The number of aromatic nitrogens is 1. The number of carboxylic acid groups (broad SMARTS) is 1. The minimum atomic E-state index is -1.07. The van der Waals surface area contributed by atoms with Crippen molar-refractivity contribution in [2.75, 3.05) is 17.6 Å². The van der Waals surface area contributed by atoms with Gasteiger partial charge < -0.3 is 19.9 Å². The minimum Gasteiger partial charge on any atom is -0.507 e. The van der Waals surface area contributed by atoms with Crippen LogP contribution in [0.15, 0.2) is 112 Å². The van der Waals surface area contributed by atoms with Crippen LogP contribution in [0, 0.1) is 0 Å². The second kappa shape index (κ2) is 13.3. The van der Waals surface area contributed by atoms with Crippen molar-refractivity contribution in [3.8, 4) is 28.2 Å². The smallest absolute Gasteiger partial charge is 0.336 e. The highest BCUT2D eigenvalue weighted by Crippen LogP contribution is 2.43. The first-order valence-electron chi connectivity index (χ1n) is 14.5. The normalized spacial score (nSPS) is 11.3. The fraction of sp³-hybridized carbons (Fsp3) is 0.139. The Labute approximate surface area is 265 Å². The second-order valence-electron chi connectivity index (χ2n) is 10.7. The molecular formula is C36H31N3O5S. The zero-order chi connectivity index (χ0) is 31.3. The fourth-order valence-corrected chi connectivity index (χ4v) is 5.94. The van der Waals surface area contributed by atoms with Crippen molar-refractivity contribution in [1.82, 2.24) is 9.88 Å². The predicted molar refractivity (Wildman–Crippen MR) is 179 cm³/mol. The number of para-hydroxylation sites is 1. The lowest BCUT2D eigenvalue weighted by atomic mass is 9.90. The first-order valence-corrected chi connectivity index (χ1v) is 15.1. The number of rotatable bonds is 11. The lowest BCUT2D eigenvalue weighted by molar-refractivity contribution is 0.0697. The number of hydrogen-bond acceptors (Lipinski definition) is 8. The number of benzene rings is 4. The molecule has 1 aromatic heterocycles. The van der Waals surface area contributed by atoms with Crippen molar-refractivity contribution in [3.05, 3.63) is 136 Å². The highest BCUT2D eigenvalue weighted by Gasteiger charge is 2.24. The second-order valence-corrected chi connectivity index (χ2v) is 11.1. The molecule has 0 amide bonds. The first kappa shape index (κ1) is 29.9. The molecule has 0 saturated carbocycles. The summed E-state index contributed by atoms with van der Waals surface area (Å²) >= 11 is 4.47. The van der Waals surface area contributed by atoms with Gasteiger partial charge in [0.2, 0.25) is 0 Å². The lowest BCUT2D eigenvalue weighted by Gasteiger charge is -2.23. The van der Waals surface area contributed by atoms with Crippen molar-refractivity contribution < 1.29 is 19.4 Å². The highest BCUT2D eigenvalue weighted by molar-refractivity contribution is 7.80. The van der Waals surface area contributed by atoms with Gasteiger partial charge in [-0.15, -0.1) is 0 Å². The summed E-state index contributed by atoms with van der Waals surface area (Å²) in [5.74, 6) is -0.0619. The Morgan fingerprint density at radius 1 is 0.911 bits per heavy atom. The minimum absolute atomic E-state index is 0.0122. The Morgan fingerprint density at radius 2 is 1.71 bits per heavy atom. The summed E-state index contributed by atoms with van der Waals surface area (Å²) in [7, 11) is 0. The maximum atomic E-state index is 12.4. The number of fused-ring (bicyclic) bond motifs is 2. The van der Waals surface area contributed by atoms with E-state index in [1.165, 1.54) is 12.1 Å². The van der Waals surface area contributed by atoms with Gasteiger partial charge in [-0.3, -0.25) is 14.7 Å². The monoisotopic (exact) mass is 617 g/mol. The van der Waals surface area contributed by atoms with Crippen LogP contribution in [0.3, 0.4) is 0 Å². The molecule has 0 unspecified atom stereocenters. The van der Waals surface area contributed by atoms with Gasteiger partial charge in [-0.2, -0.15) is 12.6 Å². The molecule has 3 N–H and O–H groups in total. The van der Waals surface area contributed by atoms with Gasteiger partial charge in [0.15, 0.2) is 5.43 Å². The van der Waals surface area contributed by atoms with Gasteiger partial charge in [-0.05, 0) is 59.7 Å². The molecule has 0 saturated heterocycles. The largest absolute Gasteiger partial charge is 0.507 e. The van der Waals surface area contributed by atoms with Crippen molar-refractivity contribution in [1.29, 1.82) is 0 Å². The number of phenolic OH excluding ortho intramolecular Hbond substituents is 1. The van der Waals surface area contributed by atoms with Gasteiger partial charge >= 0.3 is 5.97 Å². The van der Waals surface area contributed by atoms with Crippen molar-refractivity contribution in [3.63, 3.8) is 0 Å². The molecule has 226 valence electrons. The van der Waals surface area contributed by atoms with Crippen LogP contribution in [0.1, 0.15) is 27.2 Å². The molecular weight excluding hydrogens is 586 g/mol. The fourth-order valence-electron chi connectivity index (χ4n) is 5.66. The van der Waals surface area contributed by atoms with E-state index < -0.39 is 5.97 Å². The summed E-state index contributed by atoms with van der Waals surface area (Å²) in [4.78, 5) is 31.3. The quantitative estimate of drug-likeness (QED) is 0.0916. The number of pyridine rings is 1. The molecule has 3 aromatic carbocycles. The maximum Gasteiger partial charge on any atom is 0.336 e. The Balaban J connectivity index is 1.40. The van der Waals surface area contributed by atoms with E-state index in [0.29, 0.717) is 57.8 Å². The van der Waals surface area contributed by atoms with Crippen LogP contribution in [-0.4, -0.2) is 38.4 Å². The molecule has 4 aromatic rings. The van der Waals surface area contributed by atoms with E-state index in [0.717, 1.165) is 23.5 Å². The van der Waals surface area contributed by atoms with Crippen LogP contribution in [0.25, 0.3) is 33.4 Å². The number of thiol groups is 1. The Kier molecular flexibility index (Phi) is 8.81. The van der Waals surface area contributed by atoms with Gasteiger partial charge in [0, 0.05) is 66.4 Å². The average Bonchev–Trinajstić information content (AvgIpc) is 3.04. The molecule has 6 rings (SSSR count). The van der Waals surface area contributed by atoms with E-state index in [1.807, 2.05) is 36.4 Å². The SMILES string of the molecule is O=C(O)c1ccccc1-c1c2ccc(=O)cc-2oc2c(CNc3ccccc3CN(CCS)Cc3ccccn3)c(O)ccc12. The Hall–Kier alpha value is -5.12. The molecule has 45 heavy (non-hydrogen) atoms. The van der Waals surface area contributed by atoms with Crippen LogP contribution in [0.2, 0.25) is 0 Å². The summed E-state index contributed by atoms with van der Waals surface area (Å²) in [5.41, 5.74) is 5.34. The molecule has 2 aliphatic rings. The number of nitrogens with one attached hydrogen (secondary N) is 1. The van der Waals surface area contributed by atoms with E-state index >= 15 is 0 Å². The third-order valence-electron chi connectivity index (χ3n) is 7.76. The first-order chi connectivity index (χ1) is 21.9. The molecule has 1 aliphatic carbocycles. The molecule has 8 nitrogen and oxygen atoms in total. The Morgan fingerprint density at radius 3 is 2.51 bits per heavy atom. The number of hydrogen-bond donors (Lipinski definition) is 4. The standard InChI is InChI=1S/C36H31N3O5S/c40-25-12-13-28-33(19-25)44-35-29(34(28)26-9-2-3-10-27(26)36(42)43)14-15-32(41)30(35)20-38-31-11-4-1-7-23(31)21-39(17-18-45)22-24-8-5-6-16-37-24/h1-16,19,38,41,45H,17-18,20-22H2,(H,42,43). The zero-order valence-corrected chi connectivity index (χ0v) is 25.2. The average molecular weight is 618 g/mol. The summed E-state index contributed by atoms with van der Waals surface area (Å²) in [5, 5.41) is 25.2. The molecule has 0 spiro atoms. The number of phenols is 1. The van der Waals surface area contributed by atoms with Gasteiger partial charge in [-0.1, -0.05) is 42.5 Å². The van der Waals surface area contributed by atoms with E-state index in [2.05, 4.69) is 33.9 Å². The van der Waals surface area contributed by atoms with Crippen molar-refractivity contribution in [2.24, 2.45) is 0 Å². The van der Waals surface area contributed by atoms with Crippen LogP contribution in [-0.2, 0) is 19.6 Å². The van der Waals surface area contributed by atoms with Crippen LogP contribution >= 0.6 is 12.6 Å². The molecule has 2 heterocycles. The Bertz CT molecular complexity index is 2010. The van der Waals surface area contributed by atoms with E-state index in [4.69, 9.17) is 4.42 Å². The number of aromatic hydroxyl groups is 1. The maximum absolute atomic E-state index is 12.4. The molecule has 1 aliphatic heterocycles. The van der Waals surface area contributed by atoms with Gasteiger partial charge in [-0.25, -0.2) is 4.79 Å². The molecule has 9 heteroatoms. The van der Waals surface area contributed by atoms with E-state index in [1.54, 1.807) is 48.7 Å². The number of nitrogens with zero attached hydrogens (tertiary/aromatic N) is 2. The third-order valence-corrected chi connectivity index (χ3v) is 7.96. The highest BCUT2D eigenvalue weighted by atomic mass is 32.1. The third kappa shape index (κ3) is 6.40. The molecule has 0 fully saturated rings. The van der Waals surface area contributed by atoms with Crippen LogP contribution in [0.4, 0.5) is 5.69 Å². The summed E-state index contributed by atoms with van der Waals surface area (Å²) < 4.78 is 6.31. The molecule has 0 atom stereocenters.